The smallest absolute Gasteiger partial charge is 0.379 e. The van der Waals surface area contributed by atoms with E-state index in [1.807, 2.05) is 0 Å². The summed E-state index contributed by atoms with van der Waals surface area (Å²) in [6, 6.07) is 2.88. The lowest BCUT2D eigenvalue weighted by Gasteiger charge is -2.31. The summed E-state index contributed by atoms with van der Waals surface area (Å²) in [7, 11) is -3.92. The zero-order chi connectivity index (χ0) is 21.2. The van der Waals surface area contributed by atoms with Crippen molar-refractivity contribution in [1.82, 2.24) is 4.31 Å². The maximum Gasteiger partial charge on any atom is 0.391 e. The Hall–Kier alpha value is -1.92. The quantitative estimate of drug-likeness (QED) is 0.561. The molecule has 8 nitrogen and oxygen atoms in total. The van der Waals surface area contributed by atoms with Crippen LogP contribution in [0.25, 0.3) is 0 Å². The van der Waals surface area contributed by atoms with Gasteiger partial charge in [0.2, 0.25) is 10.0 Å². The molecule has 12 heteroatoms. The predicted molar refractivity (Wildman–Crippen MR) is 98.1 cm³/mol. The van der Waals surface area contributed by atoms with E-state index in [9.17, 15) is 31.7 Å². The number of alkyl halides is 3. The number of hydrogen-bond donors (Lipinski definition) is 1. The topological polar surface area (TPSA) is 102 Å². The Morgan fingerprint density at radius 1 is 1.21 bits per heavy atom. The van der Waals surface area contributed by atoms with Crippen molar-refractivity contribution in [2.45, 2.75) is 42.8 Å². The molecule has 0 spiro atoms. The van der Waals surface area contributed by atoms with Crippen LogP contribution < -0.4 is 5.32 Å². The molecule has 1 N–H and O–H groups in total. The highest BCUT2D eigenvalue weighted by atomic mass is 32.2. The molecule has 1 saturated heterocycles. The average molecular weight is 437 g/mol. The first-order chi connectivity index (χ1) is 13.6. The molecule has 1 aromatic carbocycles. The summed E-state index contributed by atoms with van der Waals surface area (Å²) in [5.74, 6) is -1.45. The molecule has 162 valence electrons. The Balaban J connectivity index is 1.82. The van der Waals surface area contributed by atoms with E-state index < -0.39 is 38.8 Å². The maximum absolute atomic E-state index is 13.0. The Morgan fingerprint density at radius 3 is 2.52 bits per heavy atom. The third-order valence-corrected chi connectivity index (χ3v) is 7.17. The Labute approximate surface area is 166 Å². The van der Waals surface area contributed by atoms with Crippen LogP contribution in [0.5, 0.6) is 0 Å². The number of sulfonamides is 1. The van der Waals surface area contributed by atoms with Gasteiger partial charge < -0.3 is 10.1 Å². The van der Waals surface area contributed by atoms with E-state index in [0.29, 0.717) is 12.8 Å². The largest absolute Gasteiger partial charge is 0.391 e. The van der Waals surface area contributed by atoms with E-state index in [0.717, 1.165) is 6.07 Å². The standard InChI is InChI=1S/C17H22F3N3O5S/c18-17(19,20)12-2-1-3-13(10-12)21-15-5-4-14(11-16(15)23(24)25)29(26,27)22-6-8-28-9-7-22/h4-5,11-13,21H,1-3,6-10H2/t12-,13+/m0/s1. The van der Waals surface area contributed by atoms with Gasteiger partial charge in [0.15, 0.2) is 0 Å². The van der Waals surface area contributed by atoms with Crippen LogP contribution in [0.4, 0.5) is 24.5 Å². The number of nitrogens with one attached hydrogen (secondary N) is 1. The second-order valence-corrected chi connectivity index (χ2v) is 9.14. The second kappa shape index (κ2) is 8.44. The van der Waals surface area contributed by atoms with Crippen molar-refractivity contribution in [2.24, 2.45) is 5.92 Å². The van der Waals surface area contributed by atoms with E-state index in [-0.39, 0.29) is 49.7 Å². The number of nitro groups is 1. The SMILES string of the molecule is O=[N+]([O-])c1cc(S(=O)(=O)N2CCOCC2)ccc1N[C@@H]1CCC[C@H](C(F)(F)F)C1. The fourth-order valence-electron chi connectivity index (χ4n) is 3.72. The zero-order valence-corrected chi connectivity index (χ0v) is 16.3. The van der Waals surface area contributed by atoms with E-state index in [2.05, 4.69) is 5.32 Å². The fraction of sp³-hybridized carbons (Fsp3) is 0.647. The first kappa shape index (κ1) is 21.8. The van der Waals surface area contributed by atoms with Crippen LogP contribution in [0.3, 0.4) is 0 Å². The lowest BCUT2D eigenvalue weighted by Crippen LogP contribution is -2.40. The number of ether oxygens (including phenoxy) is 1. The van der Waals surface area contributed by atoms with Gasteiger partial charge in [-0.25, -0.2) is 8.42 Å². The Kier molecular flexibility index (Phi) is 6.34. The molecule has 0 bridgehead atoms. The molecule has 1 aliphatic heterocycles. The molecule has 1 saturated carbocycles. The number of hydrogen-bond acceptors (Lipinski definition) is 6. The minimum absolute atomic E-state index is 0.0174. The van der Waals surface area contributed by atoms with Gasteiger partial charge in [-0.05, 0) is 31.4 Å². The normalized spacial score (nSPS) is 24.2. The first-order valence-electron chi connectivity index (χ1n) is 9.28. The van der Waals surface area contributed by atoms with Gasteiger partial charge in [0.05, 0.1) is 29.0 Å². The average Bonchev–Trinajstić information content (AvgIpc) is 2.68. The highest BCUT2D eigenvalue weighted by molar-refractivity contribution is 7.89. The lowest BCUT2D eigenvalue weighted by atomic mass is 9.85. The molecule has 0 amide bonds. The van der Waals surface area contributed by atoms with Gasteiger partial charge in [-0.1, -0.05) is 6.42 Å². The van der Waals surface area contributed by atoms with Crippen molar-refractivity contribution in [2.75, 3.05) is 31.6 Å². The Bertz CT molecular complexity index is 856. The van der Waals surface area contributed by atoms with E-state index in [4.69, 9.17) is 4.74 Å². The zero-order valence-electron chi connectivity index (χ0n) is 15.5. The third-order valence-electron chi connectivity index (χ3n) is 5.27. The van der Waals surface area contributed by atoms with Crippen molar-refractivity contribution >= 4 is 21.4 Å². The minimum atomic E-state index is -4.30. The molecule has 2 fully saturated rings. The molecular formula is C17H22F3N3O5S. The summed E-state index contributed by atoms with van der Waals surface area (Å²) in [6.45, 7) is 0.778. The monoisotopic (exact) mass is 437 g/mol. The molecule has 29 heavy (non-hydrogen) atoms. The molecule has 3 rings (SSSR count). The number of anilines is 1. The second-order valence-electron chi connectivity index (χ2n) is 7.20. The van der Waals surface area contributed by atoms with Crippen molar-refractivity contribution in [1.29, 1.82) is 0 Å². The number of morpholine rings is 1. The maximum atomic E-state index is 13.0. The molecule has 1 heterocycles. The molecule has 0 unspecified atom stereocenters. The molecule has 2 atom stereocenters. The van der Waals surface area contributed by atoms with E-state index >= 15 is 0 Å². The highest BCUT2D eigenvalue weighted by Crippen LogP contribution is 2.39. The van der Waals surface area contributed by atoms with Gasteiger partial charge in [-0.3, -0.25) is 10.1 Å². The molecule has 0 radical (unpaired) electrons. The van der Waals surface area contributed by atoms with Gasteiger partial charge in [0, 0.05) is 25.2 Å². The highest BCUT2D eigenvalue weighted by Gasteiger charge is 2.42. The van der Waals surface area contributed by atoms with Crippen LogP contribution in [-0.4, -0.2) is 56.2 Å². The number of rotatable bonds is 5. The number of nitrogens with zero attached hydrogens (tertiary/aromatic N) is 2. The van der Waals surface area contributed by atoms with Crippen LogP contribution in [0.15, 0.2) is 23.1 Å². The van der Waals surface area contributed by atoms with Crippen LogP contribution in [0.1, 0.15) is 25.7 Å². The Morgan fingerprint density at radius 2 is 1.90 bits per heavy atom. The van der Waals surface area contributed by atoms with Gasteiger partial charge in [-0.2, -0.15) is 17.5 Å². The summed E-state index contributed by atoms with van der Waals surface area (Å²) in [6.07, 6.45) is -3.62. The summed E-state index contributed by atoms with van der Waals surface area (Å²) < 4.78 is 70.8. The first-order valence-corrected chi connectivity index (χ1v) is 10.7. The summed E-state index contributed by atoms with van der Waals surface area (Å²) >= 11 is 0. The summed E-state index contributed by atoms with van der Waals surface area (Å²) in [5.41, 5.74) is -0.461. The van der Waals surface area contributed by atoms with Crippen molar-refractivity contribution in [3.63, 3.8) is 0 Å². The van der Waals surface area contributed by atoms with E-state index in [1.165, 1.54) is 16.4 Å². The molecule has 0 aromatic heterocycles. The predicted octanol–water partition coefficient (Wildman–Crippen LogP) is 3.15. The van der Waals surface area contributed by atoms with Gasteiger partial charge in [0.25, 0.3) is 5.69 Å². The summed E-state index contributed by atoms with van der Waals surface area (Å²) in [5, 5.41) is 14.3. The molecule has 2 aliphatic rings. The van der Waals surface area contributed by atoms with Gasteiger partial charge >= 0.3 is 6.18 Å². The van der Waals surface area contributed by atoms with Crippen LogP contribution in [0, 0.1) is 16.0 Å². The number of benzene rings is 1. The van der Waals surface area contributed by atoms with Crippen LogP contribution >= 0.6 is 0 Å². The van der Waals surface area contributed by atoms with Crippen molar-refractivity contribution in [3.8, 4) is 0 Å². The molecule has 1 aliphatic carbocycles. The fourth-order valence-corrected chi connectivity index (χ4v) is 5.15. The summed E-state index contributed by atoms with van der Waals surface area (Å²) in [4.78, 5) is 10.5. The number of nitro benzene ring substituents is 1. The third kappa shape index (κ3) is 4.98. The van der Waals surface area contributed by atoms with Gasteiger partial charge in [0.1, 0.15) is 5.69 Å². The van der Waals surface area contributed by atoms with Gasteiger partial charge in [-0.15, -0.1) is 0 Å². The van der Waals surface area contributed by atoms with Crippen molar-refractivity contribution in [3.05, 3.63) is 28.3 Å². The molecule has 1 aromatic rings. The van der Waals surface area contributed by atoms with Crippen molar-refractivity contribution < 1.29 is 31.2 Å². The van der Waals surface area contributed by atoms with Crippen LogP contribution in [0.2, 0.25) is 0 Å². The molecular weight excluding hydrogens is 415 g/mol. The van der Waals surface area contributed by atoms with E-state index in [1.54, 1.807) is 0 Å². The lowest BCUT2D eigenvalue weighted by molar-refractivity contribution is -0.384. The number of halogens is 3. The minimum Gasteiger partial charge on any atom is -0.379 e. The van der Waals surface area contributed by atoms with Crippen LogP contribution in [-0.2, 0) is 14.8 Å².